The molecule has 0 aromatic heterocycles. The Balaban J connectivity index is 2.97. The van der Waals surface area contributed by atoms with Gasteiger partial charge in [-0.3, -0.25) is 0 Å². The molecule has 0 heterocycles. The fourth-order valence-corrected chi connectivity index (χ4v) is 1.43. The summed E-state index contributed by atoms with van der Waals surface area (Å²) in [7, 11) is 0. The van der Waals surface area contributed by atoms with E-state index in [-0.39, 0.29) is 0 Å². The molecule has 1 rings (SSSR count). The molecule has 0 saturated heterocycles. The van der Waals surface area contributed by atoms with Gasteiger partial charge in [-0.1, -0.05) is 18.2 Å². The number of alkyl halides is 1. The van der Waals surface area contributed by atoms with Crippen LogP contribution in [0.1, 0.15) is 6.92 Å². The number of halogens is 2. The largest absolute Gasteiger partial charge is 0.478 e. The monoisotopic (exact) mass is 216 g/mol. The van der Waals surface area contributed by atoms with Crippen molar-refractivity contribution in [2.24, 2.45) is 5.41 Å². The van der Waals surface area contributed by atoms with Crippen LogP contribution in [0.4, 0.5) is 4.39 Å². The van der Waals surface area contributed by atoms with Gasteiger partial charge in [-0.25, -0.2) is 9.18 Å². The van der Waals surface area contributed by atoms with Gasteiger partial charge in [-0.05, 0) is 13.0 Å². The standard InChI is InChI=1S/C10H10ClFO2/c1-10(6-5-9(13)14)7(11)3-2-4-8(10)12/h2-7H,1H3,(H,13,14)/b6-5+. The van der Waals surface area contributed by atoms with E-state index in [4.69, 9.17) is 16.7 Å². The van der Waals surface area contributed by atoms with Crippen LogP contribution in [0.2, 0.25) is 0 Å². The van der Waals surface area contributed by atoms with Gasteiger partial charge in [-0.15, -0.1) is 11.6 Å². The second kappa shape index (κ2) is 3.96. The summed E-state index contributed by atoms with van der Waals surface area (Å²) in [5.74, 6) is -1.55. The first-order valence-corrected chi connectivity index (χ1v) is 4.51. The maximum absolute atomic E-state index is 13.4. The lowest BCUT2D eigenvalue weighted by Gasteiger charge is -2.29. The van der Waals surface area contributed by atoms with E-state index in [1.165, 1.54) is 18.2 Å². The van der Waals surface area contributed by atoms with Crippen molar-refractivity contribution in [1.82, 2.24) is 0 Å². The number of hydrogen-bond donors (Lipinski definition) is 1. The number of carboxylic acids is 1. The summed E-state index contributed by atoms with van der Waals surface area (Å²) in [4.78, 5) is 10.3. The van der Waals surface area contributed by atoms with Crippen molar-refractivity contribution in [2.75, 3.05) is 0 Å². The fraction of sp³-hybridized carbons (Fsp3) is 0.300. The topological polar surface area (TPSA) is 37.3 Å². The zero-order chi connectivity index (χ0) is 10.8. The Morgan fingerprint density at radius 3 is 2.93 bits per heavy atom. The lowest BCUT2D eigenvalue weighted by Crippen LogP contribution is -2.27. The van der Waals surface area contributed by atoms with E-state index in [1.54, 1.807) is 13.0 Å². The minimum atomic E-state index is -1.11. The minimum absolute atomic E-state index is 0.433. The predicted octanol–water partition coefficient (Wildman–Crippen LogP) is 2.66. The fourth-order valence-electron chi connectivity index (χ4n) is 1.16. The zero-order valence-corrected chi connectivity index (χ0v) is 8.33. The third-order valence-electron chi connectivity index (χ3n) is 2.18. The number of carboxylic acid groups (broad SMARTS) is 1. The summed E-state index contributed by atoms with van der Waals surface area (Å²) in [6.45, 7) is 1.56. The van der Waals surface area contributed by atoms with E-state index in [0.29, 0.717) is 0 Å². The van der Waals surface area contributed by atoms with E-state index in [0.717, 1.165) is 6.08 Å². The Morgan fingerprint density at radius 2 is 2.43 bits per heavy atom. The molecule has 0 aromatic carbocycles. The van der Waals surface area contributed by atoms with Gasteiger partial charge in [-0.2, -0.15) is 0 Å². The highest BCUT2D eigenvalue weighted by Gasteiger charge is 2.35. The first-order valence-electron chi connectivity index (χ1n) is 4.07. The number of hydrogen-bond acceptors (Lipinski definition) is 1. The second-order valence-corrected chi connectivity index (χ2v) is 3.73. The first-order chi connectivity index (χ1) is 6.47. The van der Waals surface area contributed by atoms with Gasteiger partial charge in [0.05, 0.1) is 10.8 Å². The first kappa shape index (κ1) is 11.0. The summed E-state index contributed by atoms with van der Waals surface area (Å²) in [5.41, 5.74) is -1.06. The molecular weight excluding hydrogens is 207 g/mol. The Morgan fingerprint density at radius 1 is 1.79 bits per heavy atom. The maximum Gasteiger partial charge on any atom is 0.328 e. The average molecular weight is 217 g/mol. The Bertz CT molecular complexity index is 333. The Hall–Kier alpha value is -1.09. The van der Waals surface area contributed by atoms with Crippen LogP contribution in [0.5, 0.6) is 0 Å². The van der Waals surface area contributed by atoms with Crippen molar-refractivity contribution in [3.63, 3.8) is 0 Å². The van der Waals surface area contributed by atoms with Crippen LogP contribution in [0.25, 0.3) is 0 Å². The number of rotatable bonds is 2. The summed E-state index contributed by atoms with van der Waals surface area (Å²) < 4.78 is 13.4. The highest BCUT2D eigenvalue weighted by atomic mass is 35.5. The smallest absolute Gasteiger partial charge is 0.328 e. The molecule has 4 heteroatoms. The molecule has 0 bridgehead atoms. The highest BCUT2D eigenvalue weighted by Crippen LogP contribution is 2.39. The van der Waals surface area contributed by atoms with Gasteiger partial charge in [0, 0.05) is 6.08 Å². The van der Waals surface area contributed by atoms with Crippen molar-refractivity contribution >= 4 is 17.6 Å². The lowest BCUT2D eigenvalue weighted by atomic mass is 9.81. The van der Waals surface area contributed by atoms with E-state index >= 15 is 0 Å². The molecule has 0 aliphatic heterocycles. The quantitative estimate of drug-likeness (QED) is 0.569. The molecular formula is C10H10ClFO2. The second-order valence-electron chi connectivity index (χ2n) is 3.26. The third kappa shape index (κ3) is 2.04. The molecule has 0 aromatic rings. The Labute approximate surface area is 86.4 Å². The molecule has 14 heavy (non-hydrogen) atoms. The molecule has 1 N–H and O–H groups in total. The Kier molecular flexibility index (Phi) is 3.11. The summed E-state index contributed by atoms with van der Waals surface area (Å²) in [6.07, 6.45) is 6.59. The van der Waals surface area contributed by atoms with Crippen molar-refractivity contribution in [3.8, 4) is 0 Å². The van der Waals surface area contributed by atoms with Crippen LogP contribution in [0.3, 0.4) is 0 Å². The maximum atomic E-state index is 13.4. The van der Waals surface area contributed by atoms with Crippen LogP contribution in [-0.4, -0.2) is 16.5 Å². The van der Waals surface area contributed by atoms with E-state index in [9.17, 15) is 9.18 Å². The van der Waals surface area contributed by atoms with Gasteiger partial charge < -0.3 is 5.11 Å². The van der Waals surface area contributed by atoms with E-state index < -0.39 is 22.6 Å². The molecule has 76 valence electrons. The summed E-state index contributed by atoms with van der Waals surface area (Å²) in [5, 5.41) is 7.87. The third-order valence-corrected chi connectivity index (χ3v) is 2.78. The molecule has 2 nitrogen and oxygen atoms in total. The van der Waals surface area contributed by atoms with Gasteiger partial charge in [0.25, 0.3) is 0 Å². The van der Waals surface area contributed by atoms with Crippen LogP contribution >= 0.6 is 11.6 Å². The number of allylic oxidation sites excluding steroid dienone is 5. The molecule has 1 aliphatic rings. The van der Waals surface area contributed by atoms with Crippen LogP contribution < -0.4 is 0 Å². The molecule has 2 unspecified atom stereocenters. The van der Waals surface area contributed by atoms with Crippen LogP contribution in [0, 0.1) is 5.41 Å². The summed E-state index contributed by atoms with van der Waals surface area (Å²) in [6, 6.07) is 0. The summed E-state index contributed by atoms with van der Waals surface area (Å²) >= 11 is 5.89. The van der Waals surface area contributed by atoms with Gasteiger partial charge in [0.1, 0.15) is 5.83 Å². The molecule has 0 spiro atoms. The van der Waals surface area contributed by atoms with Gasteiger partial charge in [0.15, 0.2) is 0 Å². The van der Waals surface area contributed by atoms with E-state index in [2.05, 4.69) is 0 Å². The lowest BCUT2D eigenvalue weighted by molar-refractivity contribution is -0.131. The van der Waals surface area contributed by atoms with E-state index in [1.807, 2.05) is 0 Å². The molecule has 0 amide bonds. The van der Waals surface area contributed by atoms with Crippen LogP contribution in [-0.2, 0) is 4.79 Å². The molecule has 0 saturated carbocycles. The average Bonchev–Trinajstić information content (AvgIpc) is 2.11. The number of aliphatic carboxylic acids is 1. The molecule has 0 fully saturated rings. The van der Waals surface area contributed by atoms with Crippen molar-refractivity contribution in [3.05, 3.63) is 36.2 Å². The van der Waals surface area contributed by atoms with Gasteiger partial charge in [0.2, 0.25) is 0 Å². The normalized spacial score (nSPS) is 31.9. The molecule has 0 radical (unpaired) electrons. The van der Waals surface area contributed by atoms with Crippen molar-refractivity contribution in [1.29, 1.82) is 0 Å². The predicted molar refractivity (Wildman–Crippen MR) is 52.9 cm³/mol. The highest BCUT2D eigenvalue weighted by molar-refractivity contribution is 6.22. The molecule has 1 aliphatic carbocycles. The zero-order valence-electron chi connectivity index (χ0n) is 7.58. The molecule has 2 atom stereocenters. The van der Waals surface area contributed by atoms with Crippen molar-refractivity contribution < 1.29 is 14.3 Å². The SMILES string of the molecule is CC1(/C=C/C(=O)O)C(F)=CC=CC1Cl. The van der Waals surface area contributed by atoms with Gasteiger partial charge >= 0.3 is 5.97 Å². The van der Waals surface area contributed by atoms with Crippen LogP contribution in [0.15, 0.2) is 36.2 Å². The van der Waals surface area contributed by atoms with Crippen molar-refractivity contribution in [2.45, 2.75) is 12.3 Å². The minimum Gasteiger partial charge on any atom is -0.478 e. The number of carbonyl (C=O) groups is 1.